The van der Waals surface area contributed by atoms with Gasteiger partial charge < -0.3 is 10.2 Å². The molecule has 4 nitrogen and oxygen atoms in total. The van der Waals surface area contributed by atoms with Crippen LogP contribution in [0.15, 0.2) is 88.9 Å². The van der Waals surface area contributed by atoms with Crippen LogP contribution in [-0.2, 0) is 6.42 Å². The molecule has 0 saturated heterocycles. The van der Waals surface area contributed by atoms with Crippen LogP contribution in [0.25, 0.3) is 0 Å². The maximum absolute atomic E-state index is 12.9. The van der Waals surface area contributed by atoms with Gasteiger partial charge >= 0.3 is 0 Å². The highest BCUT2D eigenvalue weighted by Gasteiger charge is 2.19. The van der Waals surface area contributed by atoms with Crippen LogP contribution in [0.4, 0.5) is 0 Å². The number of rotatable bonds is 8. The Balaban J connectivity index is 1.67. The summed E-state index contributed by atoms with van der Waals surface area (Å²) in [7, 11) is 4.25. The third-order valence-corrected chi connectivity index (χ3v) is 5.65. The first-order valence-electron chi connectivity index (χ1n) is 9.43. The minimum absolute atomic E-state index is 0.0779. The van der Waals surface area contributed by atoms with Gasteiger partial charge in [0.05, 0.1) is 26.2 Å². The van der Waals surface area contributed by atoms with Gasteiger partial charge in [0.15, 0.2) is 0 Å². The van der Waals surface area contributed by atoms with Crippen molar-refractivity contribution in [2.75, 3.05) is 20.6 Å². The smallest absolute Gasteiger partial charge is 0.254 e. The Hall–Kier alpha value is -2.63. The summed E-state index contributed by atoms with van der Waals surface area (Å²) < 4.78 is 0. The molecule has 0 aliphatic heterocycles. The maximum Gasteiger partial charge on any atom is 0.254 e. The fourth-order valence-corrected chi connectivity index (χ4v) is 3.84. The van der Waals surface area contributed by atoms with E-state index in [1.165, 1.54) is 22.2 Å². The molecule has 3 rings (SSSR count). The van der Waals surface area contributed by atoms with Gasteiger partial charge in [0, 0.05) is 17.5 Å². The second-order valence-corrected chi connectivity index (χ2v) is 8.01. The molecule has 2 aromatic carbocycles. The van der Waals surface area contributed by atoms with Gasteiger partial charge in [0.1, 0.15) is 11.1 Å². The number of carbonyl (C=O) groups excluding carboxylic acids is 1. The van der Waals surface area contributed by atoms with E-state index < -0.39 is 0 Å². The number of pyridine rings is 1. The second kappa shape index (κ2) is 10.1. The van der Waals surface area contributed by atoms with Crippen LogP contribution in [0.1, 0.15) is 15.9 Å². The summed E-state index contributed by atoms with van der Waals surface area (Å²) in [6.07, 6.45) is 2.65. The van der Waals surface area contributed by atoms with E-state index in [9.17, 15) is 4.79 Å². The largest absolute Gasteiger partial charge is 0.346 e. The summed E-state index contributed by atoms with van der Waals surface area (Å²) in [5.74, 6) is -0.0779. The van der Waals surface area contributed by atoms with Crippen LogP contribution in [0, 0.1) is 0 Å². The van der Waals surface area contributed by atoms with Gasteiger partial charge in [-0.1, -0.05) is 60.3 Å². The topological polar surface area (TPSA) is 46.4 Å². The number of benzene rings is 2. The number of nitrogens with zero attached hydrogens (tertiary/aromatic N) is 1. The minimum Gasteiger partial charge on any atom is -0.346 e. The summed E-state index contributed by atoms with van der Waals surface area (Å²) >= 11 is 1.51. The number of nitrogens with one attached hydrogen (secondary N) is 2. The van der Waals surface area contributed by atoms with Crippen molar-refractivity contribution in [2.45, 2.75) is 22.4 Å². The van der Waals surface area contributed by atoms with Crippen molar-refractivity contribution in [3.05, 3.63) is 90.1 Å². The van der Waals surface area contributed by atoms with Crippen LogP contribution in [-0.4, -0.2) is 37.6 Å². The van der Waals surface area contributed by atoms with Crippen molar-refractivity contribution in [2.24, 2.45) is 0 Å². The van der Waals surface area contributed by atoms with E-state index in [1.54, 1.807) is 6.20 Å². The zero-order valence-corrected chi connectivity index (χ0v) is 17.1. The highest BCUT2D eigenvalue weighted by molar-refractivity contribution is 7.99. The molecule has 28 heavy (non-hydrogen) atoms. The van der Waals surface area contributed by atoms with Gasteiger partial charge in [-0.25, -0.2) is 4.98 Å². The van der Waals surface area contributed by atoms with Crippen molar-refractivity contribution in [3.8, 4) is 0 Å². The molecule has 3 aromatic rings. The van der Waals surface area contributed by atoms with Gasteiger partial charge in [-0.05, 0) is 29.8 Å². The molecule has 1 heterocycles. The lowest BCUT2D eigenvalue weighted by atomic mass is 10.1. The van der Waals surface area contributed by atoms with E-state index >= 15 is 0 Å². The molecule has 0 aliphatic rings. The van der Waals surface area contributed by atoms with Gasteiger partial charge in [-0.3, -0.25) is 4.79 Å². The summed E-state index contributed by atoms with van der Waals surface area (Å²) in [6, 6.07) is 24.3. The summed E-state index contributed by atoms with van der Waals surface area (Å²) in [4.78, 5) is 19.7. The fourth-order valence-electron chi connectivity index (χ4n) is 2.94. The molecule has 2 N–H and O–H groups in total. The molecule has 1 atom stereocenters. The highest BCUT2D eigenvalue weighted by Crippen LogP contribution is 2.28. The molecule has 0 unspecified atom stereocenters. The SMILES string of the molecule is C[NH+](C)[C@@H](CNC(=O)c1cccnc1Sc1ccccc1)Cc1ccccc1. The third kappa shape index (κ3) is 5.68. The van der Waals surface area contributed by atoms with E-state index in [2.05, 4.69) is 48.7 Å². The molecule has 0 radical (unpaired) electrons. The number of carbonyl (C=O) groups is 1. The number of hydrogen-bond donors (Lipinski definition) is 2. The first-order valence-corrected chi connectivity index (χ1v) is 10.2. The first kappa shape index (κ1) is 20.1. The number of quaternary nitrogens is 1. The van der Waals surface area contributed by atoms with Crippen LogP contribution in [0.3, 0.4) is 0 Å². The molecule has 144 valence electrons. The Morgan fingerprint density at radius 2 is 1.68 bits per heavy atom. The van der Waals surface area contributed by atoms with Crippen LogP contribution in [0.2, 0.25) is 0 Å². The molecule has 5 heteroatoms. The molecule has 1 amide bonds. The standard InChI is InChI=1S/C23H25N3OS/c1-26(2)19(16-18-10-5-3-6-11-18)17-25-22(27)21-14-9-15-24-23(21)28-20-12-7-4-8-13-20/h3-15,19H,16-17H2,1-2H3,(H,25,27)/p+1/t19-/m1/s1. The third-order valence-electron chi connectivity index (χ3n) is 4.62. The van der Waals surface area contributed by atoms with Crippen molar-refractivity contribution in [3.63, 3.8) is 0 Å². The Kier molecular flexibility index (Phi) is 7.23. The number of aromatic nitrogens is 1. The van der Waals surface area contributed by atoms with Gasteiger partial charge in [-0.15, -0.1) is 0 Å². The molecule has 1 aromatic heterocycles. The average molecular weight is 393 g/mol. The van der Waals surface area contributed by atoms with E-state index in [0.717, 1.165) is 16.3 Å². The zero-order chi connectivity index (χ0) is 19.8. The van der Waals surface area contributed by atoms with E-state index in [-0.39, 0.29) is 5.91 Å². The quantitative estimate of drug-likeness (QED) is 0.620. The molecular weight excluding hydrogens is 366 g/mol. The molecule has 0 spiro atoms. The van der Waals surface area contributed by atoms with Crippen molar-refractivity contribution in [1.29, 1.82) is 0 Å². The molecule has 0 aliphatic carbocycles. The lowest BCUT2D eigenvalue weighted by Gasteiger charge is -2.22. The number of amides is 1. The van der Waals surface area contributed by atoms with E-state index in [1.807, 2.05) is 48.5 Å². The van der Waals surface area contributed by atoms with Crippen molar-refractivity contribution >= 4 is 17.7 Å². The predicted octanol–water partition coefficient (Wildman–Crippen LogP) is 2.72. The monoisotopic (exact) mass is 392 g/mol. The van der Waals surface area contributed by atoms with Crippen LogP contribution < -0.4 is 10.2 Å². The number of hydrogen-bond acceptors (Lipinski definition) is 3. The Morgan fingerprint density at radius 1 is 1.00 bits per heavy atom. The summed E-state index contributed by atoms with van der Waals surface area (Å²) in [5, 5.41) is 3.84. The first-order chi connectivity index (χ1) is 13.6. The molecule has 0 bridgehead atoms. The average Bonchev–Trinajstić information content (AvgIpc) is 2.72. The van der Waals surface area contributed by atoms with Gasteiger partial charge in [0.2, 0.25) is 0 Å². The maximum atomic E-state index is 12.9. The zero-order valence-electron chi connectivity index (χ0n) is 16.3. The number of likely N-dealkylation sites (N-methyl/N-ethyl adjacent to an activating group) is 1. The van der Waals surface area contributed by atoms with Crippen LogP contribution in [0.5, 0.6) is 0 Å². The minimum atomic E-state index is -0.0779. The van der Waals surface area contributed by atoms with E-state index in [4.69, 9.17) is 0 Å². The lowest BCUT2D eigenvalue weighted by Crippen LogP contribution is -3.11. The Morgan fingerprint density at radius 3 is 2.36 bits per heavy atom. The van der Waals surface area contributed by atoms with E-state index in [0.29, 0.717) is 18.2 Å². The van der Waals surface area contributed by atoms with Crippen LogP contribution >= 0.6 is 11.8 Å². The van der Waals surface area contributed by atoms with Crippen molar-refractivity contribution in [1.82, 2.24) is 10.3 Å². The Bertz CT molecular complexity index is 885. The molecule has 0 fully saturated rings. The molecular formula is C23H26N3OS+. The Labute approximate surface area is 171 Å². The summed E-state index contributed by atoms with van der Waals surface area (Å²) in [5.41, 5.74) is 1.90. The van der Waals surface area contributed by atoms with Gasteiger partial charge in [-0.2, -0.15) is 0 Å². The molecule has 0 saturated carbocycles. The predicted molar refractivity (Wildman–Crippen MR) is 114 cm³/mol. The normalized spacial score (nSPS) is 12.0. The highest BCUT2D eigenvalue weighted by atomic mass is 32.2. The lowest BCUT2D eigenvalue weighted by molar-refractivity contribution is -0.884. The second-order valence-electron chi connectivity index (χ2n) is 6.95. The van der Waals surface area contributed by atoms with Crippen molar-refractivity contribution < 1.29 is 9.69 Å². The fraction of sp³-hybridized carbons (Fsp3) is 0.217. The summed E-state index contributed by atoms with van der Waals surface area (Å²) in [6.45, 7) is 0.612. The van der Waals surface area contributed by atoms with Gasteiger partial charge in [0.25, 0.3) is 5.91 Å².